The van der Waals surface area contributed by atoms with E-state index in [1.807, 2.05) is 4.90 Å². The van der Waals surface area contributed by atoms with Crippen molar-refractivity contribution in [2.45, 2.75) is 32.4 Å². The summed E-state index contributed by atoms with van der Waals surface area (Å²) in [6.45, 7) is 5.64. The summed E-state index contributed by atoms with van der Waals surface area (Å²) in [5, 5.41) is 3.39. The van der Waals surface area contributed by atoms with Gasteiger partial charge < -0.3 is 10.2 Å². The topological polar surface area (TPSA) is 32.3 Å². The van der Waals surface area contributed by atoms with Crippen molar-refractivity contribution in [2.75, 3.05) is 13.1 Å². The zero-order chi connectivity index (χ0) is 13.1. The summed E-state index contributed by atoms with van der Waals surface area (Å²) in [7, 11) is 0. The number of hydrogen-bond acceptors (Lipinski definition) is 2. The van der Waals surface area contributed by atoms with Crippen LogP contribution in [-0.2, 0) is 11.2 Å². The number of nitrogens with one attached hydrogen (secondary N) is 1. The lowest BCUT2D eigenvalue weighted by atomic mass is 10.1. The first-order valence-electron chi connectivity index (χ1n) is 6.33. The number of halogens is 2. The van der Waals surface area contributed by atoms with E-state index >= 15 is 0 Å². The molecular formula is C14H20ClFN2O. The Morgan fingerprint density at radius 3 is 2.32 bits per heavy atom. The number of rotatable bonds is 2. The second-order valence-corrected chi connectivity index (χ2v) is 5.07. The van der Waals surface area contributed by atoms with Crippen LogP contribution in [0.4, 0.5) is 4.39 Å². The maximum absolute atomic E-state index is 12.8. The van der Waals surface area contributed by atoms with Crippen LogP contribution in [0.15, 0.2) is 24.3 Å². The Labute approximate surface area is 119 Å². The highest BCUT2D eigenvalue weighted by molar-refractivity contribution is 5.85. The van der Waals surface area contributed by atoms with Crippen molar-refractivity contribution in [3.05, 3.63) is 35.6 Å². The van der Waals surface area contributed by atoms with Crippen molar-refractivity contribution < 1.29 is 9.18 Å². The SMILES string of the molecule is CC1CN(C(=O)Cc2ccc(F)cc2)CC(C)N1.Cl. The van der Waals surface area contributed by atoms with Gasteiger partial charge in [-0.25, -0.2) is 4.39 Å². The van der Waals surface area contributed by atoms with Gasteiger partial charge in [-0.1, -0.05) is 12.1 Å². The van der Waals surface area contributed by atoms with Crippen LogP contribution in [0.3, 0.4) is 0 Å². The first-order chi connectivity index (χ1) is 8.54. The minimum Gasteiger partial charge on any atom is -0.339 e. The van der Waals surface area contributed by atoms with Crippen molar-refractivity contribution in [1.29, 1.82) is 0 Å². The summed E-state index contributed by atoms with van der Waals surface area (Å²) in [5.41, 5.74) is 0.861. The molecule has 1 fully saturated rings. The molecule has 1 aliphatic heterocycles. The standard InChI is InChI=1S/C14H19FN2O.ClH/c1-10-8-17(9-11(2)16-10)14(18)7-12-3-5-13(15)6-4-12;/h3-6,10-11,16H,7-9H2,1-2H3;1H. The first kappa shape index (κ1) is 15.9. The Bertz CT molecular complexity index is 414. The molecule has 0 bridgehead atoms. The fraction of sp³-hybridized carbons (Fsp3) is 0.500. The molecule has 1 aromatic rings. The van der Waals surface area contributed by atoms with Gasteiger partial charge >= 0.3 is 0 Å². The average Bonchev–Trinajstić information content (AvgIpc) is 2.31. The van der Waals surface area contributed by atoms with Gasteiger partial charge in [0.05, 0.1) is 6.42 Å². The van der Waals surface area contributed by atoms with E-state index in [0.717, 1.165) is 18.7 Å². The molecule has 0 radical (unpaired) electrons. The van der Waals surface area contributed by atoms with Crippen LogP contribution in [0.5, 0.6) is 0 Å². The lowest BCUT2D eigenvalue weighted by molar-refractivity contribution is -0.132. The summed E-state index contributed by atoms with van der Waals surface area (Å²) < 4.78 is 12.8. The van der Waals surface area contributed by atoms with Crippen molar-refractivity contribution in [3.63, 3.8) is 0 Å². The minimum absolute atomic E-state index is 0. The minimum atomic E-state index is -0.268. The first-order valence-corrected chi connectivity index (χ1v) is 6.33. The quantitative estimate of drug-likeness (QED) is 0.902. The van der Waals surface area contributed by atoms with Gasteiger partial charge in [0.2, 0.25) is 5.91 Å². The smallest absolute Gasteiger partial charge is 0.227 e. The largest absolute Gasteiger partial charge is 0.339 e. The predicted octanol–water partition coefficient (Wildman–Crippen LogP) is 2.00. The maximum atomic E-state index is 12.8. The van der Waals surface area contributed by atoms with Crippen molar-refractivity contribution in [2.24, 2.45) is 0 Å². The molecule has 0 aliphatic carbocycles. The molecule has 19 heavy (non-hydrogen) atoms. The number of carbonyl (C=O) groups excluding carboxylic acids is 1. The zero-order valence-electron chi connectivity index (χ0n) is 11.2. The molecule has 2 unspecified atom stereocenters. The lowest BCUT2D eigenvalue weighted by Crippen LogP contribution is -2.56. The van der Waals surface area contributed by atoms with E-state index in [2.05, 4.69) is 19.2 Å². The van der Waals surface area contributed by atoms with Crippen LogP contribution in [0.25, 0.3) is 0 Å². The summed E-state index contributed by atoms with van der Waals surface area (Å²) in [6.07, 6.45) is 0.347. The fourth-order valence-corrected chi connectivity index (χ4v) is 2.42. The third kappa shape index (κ3) is 4.48. The van der Waals surface area contributed by atoms with Gasteiger partial charge in [0, 0.05) is 25.2 Å². The number of hydrogen-bond donors (Lipinski definition) is 1. The molecule has 1 N–H and O–H groups in total. The second-order valence-electron chi connectivity index (χ2n) is 5.07. The zero-order valence-corrected chi connectivity index (χ0v) is 12.0. The highest BCUT2D eigenvalue weighted by atomic mass is 35.5. The van der Waals surface area contributed by atoms with E-state index in [4.69, 9.17) is 0 Å². The molecule has 0 aromatic heterocycles. The predicted molar refractivity (Wildman–Crippen MR) is 76.0 cm³/mol. The molecule has 2 rings (SSSR count). The Hall–Kier alpha value is -1.13. The van der Waals surface area contributed by atoms with Gasteiger partial charge in [-0.3, -0.25) is 4.79 Å². The molecule has 2 atom stereocenters. The van der Waals surface area contributed by atoms with Crippen molar-refractivity contribution in [3.8, 4) is 0 Å². The Morgan fingerprint density at radius 1 is 1.26 bits per heavy atom. The molecule has 5 heteroatoms. The van der Waals surface area contributed by atoms with Crippen LogP contribution in [0.1, 0.15) is 19.4 Å². The number of carbonyl (C=O) groups is 1. The third-order valence-electron chi connectivity index (χ3n) is 3.18. The molecule has 1 aliphatic rings. The molecule has 1 heterocycles. The highest BCUT2D eigenvalue weighted by Crippen LogP contribution is 2.09. The molecule has 0 spiro atoms. The van der Waals surface area contributed by atoms with Crippen molar-refractivity contribution >= 4 is 18.3 Å². The Morgan fingerprint density at radius 2 is 1.79 bits per heavy atom. The monoisotopic (exact) mass is 286 g/mol. The number of benzene rings is 1. The van der Waals surface area contributed by atoms with E-state index in [-0.39, 0.29) is 24.1 Å². The van der Waals surface area contributed by atoms with E-state index < -0.39 is 0 Å². The van der Waals surface area contributed by atoms with Gasteiger partial charge in [0.15, 0.2) is 0 Å². The van der Waals surface area contributed by atoms with Gasteiger partial charge in [-0.15, -0.1) is 12.4 Å². The molecular weight excluding hydrogens is 267 g/mol. The molecule has 106 valence electrons. The average molecular weight is 287 g/mol. The normalized spacial score (nSPS) is 22.8. The van der Waals surface area contributed by atoms with Gasteiger partial charge in [0.1, 0.15) is 5.82 Å². The summed E-state index contributed by atoms with van der Waals surface area (Å²) in [5.74, 6) is -0.155. The molecule has 1 aromatic carbocycles. The molecule has 1 amide bonds. The molecule has 1 saturated heterocycles. The van der Waals surface area contributed by atoms with Crippen LogP contribution >= 0.6 is 12.4 Å². The van der Waals surface area contributed by atoms with E-state index in [9.17, 15) is 9.18 Å². The Kier molecular flexibility index (Phi) is 5.76. The van der Waals surface area contributed by atoms with Crippen LogP contribution in [0.2, 0.25) is 0 Å². The maximum Gasteiger partial charge on any atom is 0.227 e. The Balaban J connectivity index is 0.00000180. The highest BCUT2D eigenvalue weighted by Gasteiger charge is 2.24. The number of piperazine rings is 1. The number of nitrogens with zero attached hydrogens (tertiary/aromatic N) is 1. The molecule has 3 nitrogen and oxygen atoms in total. The summed E-state index contributed by atoms with van der Waals surface area (Å²) in [6, 6.07) is 6.78. The number of amides is 1. The lowest BCUT2D eigenvalue weighted by Gasteiger charge is -2.36. The summed E-state index contributed by atoms with van der Waals surface area (Å²) in [4.78, 5) is 14.0. The third-order valence-corrected chi connectivity index (χ3v) is 3.18. The van der Waals surface area contributed by atoms with Gasteiger partial charge in [-0.05, 0) is 31.5 Å². The fourth-order valence-electron chi connectivity index (χ4n) is 2.42. The second kappa shape index (κ2) is 6.87. The van der Waals surface area contributed by atoms with E-state index in [1.54, 1.807) is 12.1 Å². The van der Waals surface area contributed by atoms with Gasteiger partial charge in [-0.2, -0.15) is 0 Å². The van der Waals surface area contributed by atoms with Crippen LogP contribution in [-0.4, -0.2) is 36.0 Å². The van der Waals surface area contributed by atoms with E-state index in [0.29, 0.717) is 18.5 Å². The van der Waals surface area contributed by atoms with Crippen LogP contribution in [0, 0.1) is 5.82 Å². The molecule has 0 saturated carbocycles. The van der Waals surface area contributed by atoms with Crippen LogP contribution < -0.4 is 5.32 Å². The van der Waals surface area contributed by atoms with Gasteiger partial charge in [0.25, 0.3) is 0 Å². The summed E-state index contributed by atoms with van der Waals surface area (Å²) >= 11 is 0. The van der Waals surface area contributed by atoms with E-state index in [1.165, 1.54) is 12.1 Å². The van der Waals surface area contributed by atoms with Crippen molar-refractivity contribution in [1.82, 2.24) is 10.2 Å².